The molecule has 7 nitrogen and oxygen atoms in total. The third kappa shape index (κ3) is 5.54. The molecule has 0 bridgehead atoms. The summed E-state index contributed by atoms with van der Waals surface area (Å²) < 4.78 is 21.6. The van der Waals surface area contributed by atoms with E-state index in [4.69, 9.17) is 5.14 Å². The maximum atomic E-state index is 12.0. The molecule has 0 unspecified atom stereocenters. The van der Waals surface area contributed by atoms with Crippen molar-refractivity contribution in [1.29, 1.82) is 0 Å². The van der Waals surface area contributed by atoms with E-state index in [1.807, 2.05) is 6.92 Å². The summed E-state index contributed by atoms with van der Waals surface area (Å²) in [6.45, 7) is 2.01. The molecule has 20 heavy (non-hydrogen) atoms. The lowest BCUT2D eigenvalue weighted by Crippen LogP contribution is -2.31. The minimum atomic E-state index is -3.57. The number of pyridine rings is 1. The molecule has 0 spiro atoms. The van der Waals surface area contributed by atoms with E-state index >= 15 is 0 Å². The second-order valence-electron chi connectivity index (χ2n) is 4.36. The van der Waals surface area contributed by atoms with Crippen molar-refractivity contribution in [3.05, 3.63) is 23.4 Å². The monoisotopic (exact) mass is 300 g/mol. The Morgan fingerprint density at radius 2 is 2.10 bits per heavy atom. The molecule has 8 heteroatoms. The lowest BCUT2D eigenvalue weighted by atomic mass is 10.1. The number of hydrogen-bond acceptors (Lipinski definition) is 5. The van der Waals surface area contributed by atoms with Crippen molar-refractivity contribution in [3.63, 3.8) is 0 Å². The maximum Gasteiger partial charge on any atom is 0.251 e. The van der Waals surface area contributed by atoms with E-state index in [0.717, 1.165) is 18.5 Å². The van der Waals surface area contributed by atoms with Crippen LogP contribution in [0.1, 0.15) is 29.4 Å². The molecular weight excluding hydrogens is 280 g/mol. The van der Waals surface area contributed by atoms with Crippen molar-refractivity contribution in [2.24, 2.45) is 5.14 Å². The number of aromatic nitrogens is 1. The van der Waals surface area contributed by atoms with Gasteiger partial charge in [-0.3, -0.25) is 4.79 Å². The van der Waals surface area contributed by atoms with Crippen LogP contribution in [-0.4, -0.2) is 38.7 Å². The number of aryl methyl sites for hydroxylation is 1. The van der Waals surface area contributed by atoms with Gasteiger partial charge < -0.3 is 10.6 Å². The van der Waals surface area contributed by atoms with E-state index in [9.17, 15) is 13.2 Å². The number of carbonyl (C=O) groups is 1. The fraction of sp³-hybridized carbons (Fsp3) is 0.500. The Kier molecular flexibility index (Phi) is 5.90. The molecule has 0 atom stereocenters. The summed E-state index contributed by atoms with van der Waals surface area (Å²) in [7, 11) is -1.85. The molecule has 0 aliphatic carbocycles. The predicted molar refractivity (Wildman–Crippen MR) is 78.1 cm³/mol. The van der Waals surface area contributed by atoms with E-state index in [1.54, 1.807) is 19.2 Å². The van der Waals surface area contributed by atoms with Gasteiger partial charge in [0.05, 0.1) is 5.75 Å². The average Bonchev–Trinajstić information content (AvgIpc) is 2.37. The van der Waals surface area contributed by atoms with Crippen LogP contribution in [0.15, 0.2) is 12.1 Å². The smallest absolute Gasteiger partial charge is 0.251 e. The van der Waals surface area contributed by atoms with Crippen LogP contribution >= 0.6 is 0 Å². The largest absolute Gasteiger partial charge is 0.373 e. The van der Waals surface area contributed by atoms with Gasteiger partial charge >= 0.3 is 0 Å². The number of carbonyl (C=O) groups excluding carboxylic acids is 1. The van der Waals surface area contributed by atoms with E-state index in [-0.39, 0.29) is 18.2 Å². The van der Waals surface area contributed by atoms with Gasteiger partial charge in [-0.1, -0.05) is 13.3 Å². The fourth-order valence-corrected chi connectivity index (χ4v) is 2.03. The van der Waals surface area contributed by atoms with E-state index < -0.39 is 10.0 Å². The Balaban J connectivity index is 2.78. The van der Waals surface area contributed by atoms with Gasteiger partial charge in [-0.2, -0.15) is 0 Å². The topological polar surface area (TPSA) is 114 Å². The quantitative estimate of drug-likeness (QED) is 0.660. The van der Waals surface area contributed by atoms with Crippen molar-refractivity contribution in [2.75, 3.05) is 24.7 Å². The second kappa shape index (κ2) is 7.20. The highest BCUT2D eigenvalue weighted by atomic mass is 32.2. The minimum absolute atomic E-state index is 0.0159. The summed E-state index contributed by atoms with van der Waals surface area (Å²) >= 11 is 0. The van der Waals surface area contributed by atoms with E-state index in [0.29, 0.717) is 11.4 Å². The number of rotatable bonds is 7. The van der Waals surface area contributed by atoms with Crippen LogP contribution in [0, 0.1) is 0 Å². The van der Waals surface area contributed by atoms with Gasteiger partial charge in [0.2, 0.25) is 10.0 Å². The first-order valence-corrected chi connectivity index (χ1v) is 8.04. The molecule has 0 saturated heterocycles. The third-order valence-corrected chi connectivity index (χ3v) is 3.35. The molecule has 0 aliphatic heterocycles. The molecule has 0 fully saturated rings. The van der Waals surface area contributed by atoms with Crippen LogP contribution in [0.25, 0.3) is 0 Å². The zero-order valence-corrected chi connectivity index (χ0v) is 12.5. The average molecular weight is 300 g/mol. The first-order valence-electron chi connectivity index (χ1n) is 6.33. The van der Waals surface area contributed by atoms with Gasteiger partial charge in [0.25, 0.3) is 5.91 Å². The van der Waals surface area contributed by atoms with E-state index in [1.165, 1.54) is 0 Å². The van der Waals surface area contributed by atoms with Gasteiger partial charge in [0, 0.05) is 24.8 Å². The first-order chi connectivity index (χ1) is 9.35. The molecule has 0 aliphatic rings. The minimum Gasteiger partial charge on any atom is -0.373 e. The Morgan fingerprint density at radius 1 is 1.40 bits per heavy atom. The molecule has 0 radical (unpaired) electrons. The number of amides is 1. The van der Waals surface area contributed by atoms with Crippen LogP contribution in [-0.2, 0) is 16.4 Å². The lowest BCUT2D eigenvalue weighted by molar-refractivity contribution is 0.0956. The molecule has 1 aromatic rings. The van der Waals surface area contributed by atoms with Gasteiger partial charge in [0.1, 0.15) is 5.82 Å². The molecule has 1 heterocycles. The van der Waals surface area contributed by atoms with Crippen molar-refractivity contribution in [1.82, 2.24) is 10.3 Å². The second-order valence-corrected chi connectivity index (χ2v) is 6.09. The summed E-state index contributed by atoms with van der Waals surface area (Å²) in [6.07, 6.45) is 1.69. The highest BCUT2D eigenvalue weighted by Gasteiger charge is 2.10. The SMILES string of the molecule is CCCc1cc(C(=O)NCCS(N)(=O)=O)cc(NC)n1. The van der Waals surface area contributed by atoms with Crippen molar-refractivity contribution in [2.45, 2.75) is 19.8 Å². The number of anilines is 1. The molecule has 0 aromatic carbocycles. The summed E-state index contributed by atoms with van der Waals surface area (Å²) in [4.78, 5) is 16.3. The number of nitrogens with zero attached hydrogens (tertiary/aromatic N) is 1. The zero-order chi connectivity index (χ0) is 15.2. The zero-order valence-electron chi connectivity index (χ0n) is 11.6. The van der Waals surface area contributed by atoms with Crippen LogP contribution in [0.3, 0.4) is 0 Å². The number of nitrogens with two attached hydrogens (primary N) is 1. The molecule has 112 valence electrons. The summed E-state index contributed by atoms with van der Waals surface area (Å²) in [5.41, 5.74) is 1.26. The summed E-state index contributed by atoms with van der Waals surface area (Å²) in [5.74, 6) is -0.0256. The van der Waals surface area contributed by atoms with Crippen molar-refractivity contribution < 1.29 is 13.2 Å². The number of nitrogens with one attached hydrogen (secondary N) is 2. The van der Waals surface area contributed by atoms with Crippen LogP contribution in [0.5, 0.6) is 0 Å². The molecule has 1 rings (SSSR count). The lowest BCUT2D eigenvalue weighted by Gasteiger charge is -2.09. The van der Waals surface area contributed by atoms with Gasteiger partial charge in [-0.15, -0.1) is 0 Å². The molecule has 1 amide bonds. The van der Waals surface area contributed by atoms with Crippen molar-refractivity contribution in [3.8, 4) is 0 Å². The van der Waals surface area contributed by atoms with Gasteiger partial charge in [0.15, 0.2) is 0 Å². The molecule has 1 aromatic heterocycles. The maximum absolute atomic E-state index is 12.0. The highest BCUT2D eigenvalue weighted by molar-refractivity contribution is 7.89. The van der Waals surface area contributed by atoms with Gasteiger partial charge in [-0.05, 0) is 18.6 Å². The Morgan fingerprint density at radius 3 is 2.65 bits per heavy atom. The van der Waals surface area contributed by atoms with Gasteiger partial charge in [-0.25, -0.2) is 18.5 Å². The number of hydrogen-bond donors (Lipinski definition) is 3. The molecule has 4 N–H and O–H groups in total. The first kappa shape index (κ1) is 16.4. The van der Waals surface area contributed by atoms with Crippen molar-refractivity contribution >= 4 is 21.7 Å². The molecule has 0 saturated carbocycles. The summed E-state index contributed by atoms with van der Waals surface area (Å²) in [5, 5.41) is 10.3. The van der Waals surface area contributed by atoms with Crippen LogP contribution < -0.4 is 15.8 Å². The van der Waals surface area contributed by atoms with Crippen LogP contribution in [0.4, 0.5) is 5.82 Å². The fourth-order valence-electron chi connectivity index (χ4n) is 1.64. The molecular formula is C12H20N4O3S. The Hall–Kier alpha value is -1.67. The number of primary sulfonamides is 1. The predicted octanol–water partition coefficient (Wildman–Crippen LogP) is 0.0941. The normalized spacial score (nSPS) is 11.2. The number of sulfonamides is 1. The highest BCUT2D eigenvalue weighted by Crippen LogP contribution is 2.11. The van der Waals surface area contributed by atoms with E-state index in [2.05, 4.69) is 15.6 Å². The Bertz CT molecular complexity index is 572. The summed E-state index contributed by atoms with van der Waals surface area (Å²) in [6, 6.07) is 3.32. The standard InChI is InChI=1S/C12H20N4O3S/c1-3-4-10-7-9(8-11(14-2)16-10)12(17)15-5-6-20(13,18)19/h7-8H,3-6H2,1-2H3,(H,14,16)(H,15,17)(H2,13,18,19). The third-order valence-electron chi connectivity index (χ3n) is 2.58. The van der Waals surface area contributed by atoms with Crippen LogP contribution in [0.2, 0.25) is 0 Å². The Labute approximate surface area is 119 Å².